The Kier molecular flexibility index (Phi) is 1.98. The van der Waals surface area contributed by atoms with Crippen molar-refractivity contribution >= 4 is 0 Å². The summed E-state index contributed by atoms with van der Waals surface area (Å²) in [5.74, 6) is 2.56. The highest BCUT2D eigenvalue weighted by molar-refractivity contribution is 5.28. The number of hydrogen-bond donors (Lipinski definition) is 0. The zero-order chi connectivity index (χ0) is 11.5. The first-order valence-corrected chi connectivity index (χ1v) is 6.92. The third-order valence-corrected chi connectivity index (χ3v) is 5.37. The van der Waals surface area contributed by atoms with Crippen molar-refractivity contribution < 1.29 is 4.39 Å². The van der Waals surface area contributed by atoms with E-state index in [1.165, 1.54) is 44.6 Å². The average molecular weight is 229 g/mol. The standard InChI is InChI=1S/C16H18F/c17-15-3-1-2-14(7-15)16-8-11-4-12(9-16)6-13(5-11)10-16/h1-3,11-13H,4-6,8-10H2. The molecule has 4 bridgehead atoms. The van der Waals surface area contributed by atoms with Crippen LogP contribution in [0.4, 0.5) is 4.39 Å². The van der Waals surface area contributed by atoms with Crippen molar-refractivity contribution in [3.63, 3.8) is 0 Å². The van der Waals surface area contributed by atoms with Crippen LogP contribution in [-0.2, 0) is 5.41 Å². The van der Waals surface area contributed by atoms with Crippen LogP contribution >= 0.6 is 0 Å². The van der Waals surface area contributed by atoms with E-state index in [2.05, 4.69) is 12.1 Å². The zero-order valence-electron chi connectivity index (χ0n) is 10.1. The van der Waals surface area contributed by atoms with Crippen LogP contribution in [0.25, 0.3) is 0 Å². The Morgan fingerprint density at radius 2 is 1.59 bits per heavy atom. The van der Waals surface area contributed by atoms with Crippen molar-refractivity contribution in [3.8, 4) is 0 Å². The highest BCUT2D eigenvalue weighted by Crippen LogP contribution is 2.60. The molecule has 0 saturated heterocycles. The van der Waals surface area contributed by atoms with Gasteiger partial charge in [0.15, 0.2) is 0 Å². The second kappa shape index (κ2) is 3.34. The molecule has 0 spiro atoms. The average Bonchev–Trinajstić information content (AvgIpc) is 2.27. The van der Waals surface area contributed by atoms with Crippen molar-refractivity contribution in [3.05, 3.63) is 35.6 Å². The molecular formula is C16H18F. The minimum atomic E-state index is -0.182. The number of benzene rings is 1. The summed E-state index contributed by atoms with van der Waals surface area (Å²) in [6, 6.07) is 8.48. The SMILES string of the molecule is Fc1[c]c(C23CC4CC(CC(C4)C2)C3)ccc1. The van der Waals surface area contributed by atoms with Crippen LogP contribution in [0, 0.1) is 29.6 Å². The molecule has 4 saturated carbocycles. The van der Waals surface area contributed by atoms with E-state index in [-0.39, 0.29) is 11.2 Å². The Hall–Kier alpha value is -0.850. The predicted octanol–water partition coefficient (Wildman–Crippen LogP) is 4.09. The van der Waals surface area contributed by atoms with Gasteiger partial charge in [0.25, 0.3) is 0 Å². The quantitative estimate of drug-likeness (QED) is 0.680. The van der Waals surface area contributed by atoms with Crippen molar-refractivity contribution in [2.45, 2.75) is 43.9 Å². The van der Waals surface area contributed by atoms with Gasteiger partial charge >= 0.3 is 0 Å². The lowest BCUT2D eigenvalue weighted by atomic mass is 9.48. The Morgan fingerprint density at radius 1 is 1.00 bits per heavy atom. The molecule has 1 aromatic rings. The van der Waals surface area contributed by atoms with Crippen molar-refractivity contribution in [1.29, 1.82) is 0 Å². The fourth-order valence-electron chi connectivity index (χ4n) is 5.19. The second-order valence-corrected chi connectivity index (χ2v) is 6.61. The molecule has 17 heavy (non-hydrogen) atoms. The smallest absolute Gasteiger partial charge is 0.131 e. The molecule has 0 amide bonds. The second-order valence-electron chi connectivity index (χ2n) is 6.61. The fourth-order valence-corrected chi connectivity index (χ4v) is 5.19. The summed E-state index contributed by atoms with van der Waals surface area (Å²) in [4.78, 5) is 0. The predicted molar refractivity (Wildman–Crippen MR) is 65.1 cm³/mol. The monoisotopic (exact) mass is 229 g/mol. The summed E-state index contributed by atoms with van der Waals surface area (Å²) in [7, 11) is 0. The lowest BCUT2D eigenvalue weighted by molar-refractivity contribution is -0.00544. The Bertz CT molecular complexity index is 413. The highest BCUT2D eigenvalue weighted by Gasteiger charge is 2.51. The van der Waals surface area contributed by atoms with Gasteiger partial charge in [0, 0.05) is 6.07 Å². The third-order valence-electron chi connectivity index (χ3n) is 5.37. The van der Waals surface area contributed by atoms with Crippen LogP contribution in [-0.4, -0.2) is 0 Å². The van der Waals surface area contributed by atoms with E-state index < -0.39 is 0 Å². The molecule has 0 aliphatic heterocycles. The maximum absolute atomic E-state index is 13.4. The van der Waals surface area contributed by atoms with Gasteiger partial charge in [-0.15, -0.1) is 0 Å². The Labute approximate surface area is 102 Å². The van der Waals surface area contributed by atoms with E-state index in [1.54, 1.807) is 0 Å². The summed E-state index contributed by atoms with van der Waals surface area (Å²) in [5, 5.41) is 0. The molecule has 5 rings (SSSR count). The van der Waals surface area contributed by atoms with Gasteiger partial charge in [0.2, 0.25) is 0 Å². The maximum Gasteiger partial charge on any atom is 0.131 e. The van der Waals surface area contributed by atoms with Gasteiger partial charge in [-0.25, -0.2) is 4.39 Å². The number of halogens is 1. The van der Waals surface area contributed by atoms with Crippen molar-refractivity contribution in [2.24, 2.45) is 17.8 Å². The number of hydrogen-bond acceptors (Lipinski definition) is 0. The van der Waals surface area contributed by atoms with Crippen LogP contribution in [0.3, 0.4) is 0 Å². The number of rotatable bonds is 1. The first kappa shape index (κ1) is 10.1. The minimum absolute atomic E-state index is 0.182. The normalized spacial score (nSPS) is 43.0. The van der Waals surface area contributed by atoms with Crippen LogP contribution in [0.5, 0.6) is 0 Å². The van der Waals surface area contributed by atoms with Gasteiger partial charge in [-0.1, -0.05) is 12.1 Å². The molecule has 89 valence electrons. The van der Waals surface area contributed by atoms with E-state index in [1.807, 2.05) is 6.07 Å². The summed E-state index contributed by atoms with van der Waals surface area (Å²) >= 11 is 0. The van der Waals surface area contributed by atoms with E-state index in [9.17, 15) is 4.39 Å². The third kappa shape index (κ3) is 1.47. The molecule has 1 heteroatoms. The maximum atomic E-state index is 13.4. The van der Waals surface area contributed by atoms with E-state index in [4.69, 9.17) is 0 Å². The van der Waals surface area contributed by atoms with Crippen molar-refractivity contribution in [1.82, 2.24) is 0 Å². The van der Waals surface area contributed by atoms with Gasteiger partial charge in [-0.2, -0.15) is 0 Å². The van der Waals surface area contributed by atoms with Crippen molar-refractivity contribution in [2.75, 3.05) is 0 Å². The van der Waals surface area contributed by atoms with Gasteiger partial charge in [0.05, 0.1) is 0 Å². The highest BCUT2D eigenvalue weighted by atomic mass is 19.1. The van der Waals surface area contributed by atoms with Gasteiger partial charge < -0.3 is 0 Å². The van der Waals surface area contributed by atoms with Gasteiger partial charge in [-0.05, 0) is 73.3 Å². The van der Waals surface area contributed by atoms with E-state index in [0.717, 1.165) is 23.3 Å². The summed E-state index contributed by atoms with van der Waals surface area (Å²) in [5.41, 5.74) is 1.45. The summed E-state index contributed by atoms with van der Waals surface area (Å²) < 4.78 is 13.4. The van der Waals surface area contributed by atoms with Crippen LogP contribution in [0.1, 0.15) is 44.1 Å². The molecule has 4 aliphatic carbocycles. The molecule has 0 N–H and O–H groups in total. The molecule has 0 atom stereocenters. The Morgan fingerprint density at radius 3 is 2.12 bits per heavy atom. The molecule has 1 aromatic carbocycles. The van der Waals surface area contributed by atoms with Crippen LogP contribution in [0.2, 0.25) is 0 Å². The van der Waals surface area contributed by atoms with E-state index >= 15 is 0 Å². The Balaban J connectivity index is 1.77. The molecular weight excluding hydrogens is 211 g/mol. The van der Waals surface area contributed by atoms with Gasteiger partial charge in [0.1, 0.15) is 5.82 Å². The summed E-state index contributed by atoms with van der Waals surface area (Å²) in [6.45, 7) is 0. The molecule has 0 heterocycles. The molecule has 4 fully saturated rings. The molecule has 0 nitrogen and oxygen atoms in total. The lowest BCUT2D eigenvalue weighted by Crippen LogP contribution is -2.48. The molecule has 0 unspecified atom stereocenters. The van der Waals surface area contributed by atoms with E-state index in [0.29, 0.717) is 0 Å². The topological polar surface area (TPSA) is 0 Å². The molecule has 0 aromatic heterocycles. The fraction of sp³-hybridized carbons (Fsp3) is 0.625. The van der Waals surface area contributed by atoms with Gasteiger partial charge in [-0.3, -0.25) is 0 Å². The zero-order valence-corrected chi connectivity index (χ0v) is 10.1. The first-order valence-electron chi connectivity index (χ1n) is 6.92. The van der Waals surface area contributed by atoms with Crippen LogP contribution < -0.4 is 0 Å². The molecule has 1 radical (unpaired) electrons. The molecule has 4 aliphatic rings. The lowest BCUT2D eigenvalue weighted by Gasteiger charge is -2.57. The minimum Gasteiger partial charge on any atom is -0.206 e. The largest absolute Gasteiger partial charge is 0.206 e. The van der Waals surface area contributed by atoms with Crippen LogP contribution in [0.15, 0.2) is 18.2 Å². The summed E-state index contributed by atoms with van der Waals surface area (Å²) in [6.07, 6.45) is 8.19. The first-order chi connectivity index (χ1) is 8.23.